The van der Waals surface area contributed by atoms with Crippen LogP contribution in [0.1, 0.15) is 5.56 Å². The summed E-state index contributed by atoms with van der Waals surface area (Å²) in [7, 11) is 1.63. The molecule has 0 saturated heterocycles. The van der Waals surface area contributed by atoms with Gasteiger partial charge in [0, 0.05) is 17.3 Å². The minimum Gasteiger partial charge on any atom is -0.497 e. The summed E-state index contributed by atoms with van der Waals surface area (Å²) in [5.74, 6) is 0.691. The fraction of sp³-hybridized carbons (Fsp3) is 0.0909. The summed E-state index contributed by atoms with van der Waals surface area (Å²) in [5, 5.41) is 1.20. The molecule has 13 heavy (non-hydrogen) atoms. The summed E-state index contributed by atoms with van der Waals surface area (Å²) >= 11 is 0. The Hall–Kier alpha value is -1.70. The van der Waals surface area contributed by atoms with Gasteiger partial charge in [-0.1, -0.05) is 18.7 Å². The number of aromatic nitrogens is 1. The van der Waals surface area contributed by atoms with Crippen LogP contribution in [-0.2, 0) is 4.74 Å². The van der Waals surface area contributed by atoms with Gasteiger partial charge in [-0.05, 0) is 17.5 Å². The lowest BCUT2D eigenvalue weighted by atomic mass is 10.1. The van der Waals surface area contributed by atoms with Crippen LogP contribution in [0.25, 0.3) is 16.7 Å². The largest absolute Gasteiger partial charge is 0.497 e. The van der Waals surface area contributed by atoms with E-state index in [-0.39, 0.29) is 0 Å². The molecule has 0 amide bonds. The first-order valence-corrected chi connectivity index (χ1v) is 4.11. The number of hydrogen-bond acceptors (Lipinski definition) is 1. The maximum Gasteiger partial charge on any atom is 0.118 e. The minimum absolute atomic E-state index is 0.691. The second-order valence-electron chi connectivity index (χ2n) is 2.91. The predicted octanol–water partition coefficient (Wildman–Crippen LogP) is 2.79. The molecule has 2 aromatic rings. The first-order chi connectivity index (χ1) is 6.31. The van der Waals surface area contributed by atoms with E-state index < -0.39 is 0 Å². The number of fused-ring (bicyclic) bond motifs is 1. The molecule has 2 nitrogen and oxygen atoms in total. The van der Waals surface area contributed by atoms with Gasteiger partial charge in [-0.25, -0.2) is 0 Å². The number of rotatable bonds is 2. The van der Waals surface area contributed by atoms with Crippen molar-refractivity contribution in [3.05, 3.63) is 42.6 Å². The highest BCUT2D eigenvalue weighted by molar-refractivity contribution is 5.82. The zero-order chi connectivity index (χ0) is 9.26. The maximum atomic E-state index is 5.05. The highest BCUT2D eigenvalue weighted by atomic mass is 16.5. The van der Waals surface area contributed by atoms with Crippen molar-refractivity contribution in [2.45, 2.75) is 0 Å². The zero-order valence-corrected chi connectivity index (χ0v) is 7.50. The number of H-pyrrole nitrogens is 1. The SMILES string of the molecule is C=C(OC)c1ccc2cc[nH]c2c1. The van der Waals surface area contributed by atoms with Crippen molar-refractivity contribution >= 4 is 16.7 Å². The first-order valence-electron chi connectivity index (χ1n) is 4.11. The quantitative estimate of drug-likeness (QED) is 0.694. The molecule has 0 spiro atoms. The number of hydrogen-bond donors (Lipinski definition) is 1. The van der Waals surface area contributed by atoms with Gasteiger partial charge in [-0.15, -0.1) is 0 Å². The Labute approximate surface area is 76.8 Å². The zero-order valence-electron chi connectivity index (χ0n) is 7.50. The van der Waals surface area contributed by atoms with E-state index in [0.29, 0.717) is 5.76 Å². The van der Waals surface area contributed by atoms with Gasteiger partial charge in [0.15, 0.2) is 0 Å². The topological polar surface area (TPSA) is 25.0 Å². The van der Waals surface area contributed by atoms with Gasteiger partial charge < -0.3 is 9.72 Å². The number of aromatic amines is 1. The Kier molecular flexibility index (Phi) is 1.81. The van der Waals surface area contributed by atoms with Crippen molar-refractivity contribution in [2.75, 3.05) is 7.11 Å². The molecule has 0 bridgehead atoms. The molecule has 1 heterocycles. The Morgan fingerprint density at radius 2 is 2.23 bits per heavy atom. The summed E-state index contributed by atoms with van der Waals surface area (Å²) in [4.78, 5) is 3.14. The van der Waals surface area contributed by atoms with E-state index in [9.17, 15) is 0 Å². The standard InChI is InChI=1S/C11H11NO/c1-8(13-2)10-4-3-9-5-6-12-11(9)7-10/h3-7,12H,1H2,2H3. The summed E-state index contributed by atoms with van der Waals surface area (Å²) < 4.78 is 5.05. The number of benzene rings is 1. The molecule has 0 aliphatic carbocycles. The summed E-state index contributed by atoms with van der Waals surface area (Å²) in [6, 6.07) is 8.11. The molecular weight excluding hydrogens is 162 g/mol. The Morgan fingerprint density at radius 1 is 1.38 bits per heavy atom. The Morgan fingerprint density at radius 3 is 3.00 bits per heavy atom. The second kappa shape index (κ2) is 2.98. The number of methoxy groups -OCH3 is 1. The summed E-state index contributed by atoms with van der Waals surface area (Å²) in [5.41, 5.74) is 2.12. The van der Waals surface area contributed by atoms with Crippen molar-refractivity contribution in [3.63, 3.8) is 0 Å². The molecule has 1 N–H and O–H groups in total. The van der Waals surface area contributed by atoms with Crippen LogP contribution >= 0.6 is 0 Å². The van der Waals surface area contributed by atoms with Crippen LogP contribution in [0.5, 0.6) is 0 Å². The smallest absolute Gasteiger partial charge is 0.118 e. The Bertz CT molecular complexity index is 442. The van der Waals surface area contributed by atoms with Crippen LogP contribution in [0.15, 0.2) is 37.0 Å². The van der Waals surface area contributed by atoms with Crippen LogP contribution in [-0.4, -0.2) is 12.1 Å². The molecular formula is C11H11NO. The average molecular weight is 173 g/mol. The van der Waals surface area contributed by atoms with Gasteiger partial charge >= 0.3 is 0 Å². The van der Waals surface area contributed by atoms with E-state index in [0.717, 1.165) is 11.1 Å². The van der Waals surface area contributed by atoms with E-state index in [1.807, 2.05) is 30.5 Å². The van der Waals surface area contributed by atoms with Crippen molar-refractivity contribution in [2.24, 2.45) is 0 Å². The average Bonchev–Trinajstić information content (AvgIpc) is 2.63. The maximum absolute atomic E-state index is 5.05. The van der Waals surface area contributed by atoms with E-state index in [1.165, 1.54) is 5.39 Å². The van der Waals surface area contributed by atoms with E-state index in [1.54, 1.807) is 7.11 Å². The van der Waals surface area contributed by atoms with Crippen LogP contribution in [0.4, 0.5) is 0 Å². The molecule has 0 aliphatic heterocycles. The lowest BCUT2D eigenvalue weighted by molar-refractivity contribution is 0.371. The first kappa shape index (κ1) is 7.92. The van der Waals surface area contributed by atoms with Crippen molar-refractivity contribution in [1.29, 1.82) is 0 Å². The van der Waals surface area contributed by atoms with Gasteiger partial charge in [-0.3, -0.25) is 0 Å². The van der Waals surface area contributed by atoms with E-state index in [2.05, 4.69) is 11.6 Å². The van der Waals surface area contributed by atoms with Gasteiger partial charge in [0.1, 0.15) is 5.76 Å². The number of ether oxygens (including phenoxy) is 1. The van der Waals surface area contributed by atoms with E-state index >= 15 is 0 Å². The Balaban J connectivity index is 2.54. The molecule has 66 valence electrons. The van der Waals surface area contributed by atoms with Gasteiger partial charge in [0.2, 0.25) is 0 Å². The third-order valence-electron chi connectivity index (χ3n) is 2.12. The molecule has 2 heteroatoms. The molecule has 0 aliphatic rings. The molecule has 0 unspecified atom stereocenters. The van der Waals surface area contributed by atoms with Crippen LogP contribution in [0.3, 0.4) is 0 Å². The molecule has 1 aromatic heterocycles. The lowest BCUT2D eigenvalue weighted by Gasteiger charge is -2.03. The highest BCUT2D eigenvalue weighted by Gasteiger charge is 1.99. The van der Waals surface area contributed by atoms with Crippen molar-refractivity contribution in [1.82, 2.24) is 4.98 Å². The van der Waals surface area contributed by atoms with Crippen LogP contribution < -0.4 is 0 Å². The van der Waals surface area contributed by atoms with E-state index in [4.69, 9.17) is 4.74 Å². The van der Waals surface area contributed by atoms with Crippen LogP contribution in [0.2, 0.25) is 0 Å². The summed E-state index contributed by atoms with van der Waals surface area (Å²) in [6.45, 7) is 3.80. The van der Waals surface area contributed by atoms with Gasteiger partial charge in [0.25, 0.3) is 0 Å². The fourth-order valence-corrected chi connectivity index (χ4v) is 1.34. The molecule has 0 radical (unpaired) electrons. The summed E-state index contributed by atoms with van der Waals surface area (Å²) in [6.07, 6.45) is 1.92. The molecule has 0 saturated carbocycles. The van der Waals surface area contributed by atoms with Gasteiger partial charge in [0.05, 0.1) is 7.11 Å². The monoisotopic (exact) mass is 173 g/mol. The normalized spacial score (nSPS) is 10.2. The third kappa shape index (κ3) is 1.31. The van der Waals surface area contributed by atoms with Crippen LogP contribution in [0, 0.1) is 0 Å². The second-order valence-corrected chi connectivity index (χ2v) is 2.91. The number of nitrogens with one attached hydrogen (secondary N) is 1. The predicted molar refractivity (Wildman–Crippen MR) is 54.3 cm³/mol. The van der Waals surface area contributed by atoms with Crippen molar-refractivity contribution < 1.29 is 4.74 Å². The lowest BCUT2D eigenvalue weighted by Crippen LogP contribution is -1.84. The molecule has 2 rings (SSSR count). The molecule has 1 aromatic carbocycles. The van der Waals surface area contributed by atoms with Gasteiger partial charge in [-0.2, -0.15) is 0 Å². The minimum atomic E-state index is 0.691. The highest BCUT2D eigenvalue weighted by Crippen LogP contribution is 2.19. The van der Waals surface area contributed by atoms with Crippen molar-refractivity contribution in [3.8, 4) is 0 Å². The fourth-order valence-electron chi connectivity index (χ4n) is 1.34. The third-order valence-corrected chi connectivity index (χ3v) is 2.12. The molecule has 0 atom stereocenters. The molecule has 0 fully saturated rings.